The van der Waals surface area contributed by atoms with Crippen LogP contribution in [0.5, 0.6) is 0 Å². The standard InChI is InChI=1S/C8H10N2O3/c1-3-10-6(4-11)7(8(12)13)5(2)9-10/h4H,3H2,1-2H3,(H,12,13). The monoisotopic (exact) mass is 182 g/mol. The first-order chi connectivity index (χ1) is 6.11. The highest BCUT2D eigenvalue weighted by Crippen LogP contribution is 2.11. The van der Waals surface area contributed by atoms with Gasteiger partial charge in [0.25, 0.3) is 0 Å². The number of carbonyl (C=O) groups excluding carboxylic acids is 1. The van der Waals surface area contributed by atoms with Crippen molar-refractivity contribution in [3.05, 3.63) is 17.0 Å². The Balaban J connectivity index is 3.39. The van der Waals surface area contributed by atoms with Crippen molar-refractivity contribution in [2.24, 2.45) is 0 Å². The lowest BCUT2D eigenvalue weighted by Gasteiger charge is -1.96. The highest BCUT2D eigenvalue weighted by atomic mass is 16.4. The van der Waals surface area contributed by atoms with Gasteiger partial charge >= 0.3 is 5.97 Å². The normalized spacial score (nSPS) is 10.0. The van der Waals surface area contributed by atoms with Crippen molar-refractivity contribution in [1.82, 2.24) is 9.78 Å². The maximum atomic E-state index is 10.7. The van der Waals surface area contributed by atoms with Crippen LogP contribution in [-0.4, -0.2) is 27.1 Å². The third-order valence-corrected chi connectivity index (χ3v) is 1.79. The minimum Gasteiger partial charge on any atom is -0.478 e. The zero-order chi connectivity index (χ0) is 10.0. The third kappa shape index (κ3) is 1.44. The summed E-state index contributed by atoms with van der Waals surface area (Å²) in [4.78, 5) is 21.3. The van der Waals surface area contributed by atoms with Crippen LogP contribution in [0.2, 0.25) is 0 Å². The van der Waals surface area contributed by atoms with E-state index in [0.717, 1.165) is 0 Å². The summed E-state index contributed by atoms with van der Waals surface area (Å²) in [6.07, 6.45) is 0.521. The molecule has 0 radical (unpaired) electrons. The van der Waals surface area contributed by atoms with Crippen molar-refractivity contribution in [1.29, 1.82) is 0 Å². The molecule has 1 aromatic rings. The summed E-state index contributed by atoms with van der Waals surface area (Å²) in [5.41, 5.74) is 0.501. The highest BCUT2D eigenvalue weighted by Gasteiger charge is 2.19. The third-order valence-electron chi connectivity index (χ3n) is 1.79. The summed E-state index contributed by atoms with van der Waals surface area (Å²) < 4.78 is 1.38. The molecule has 0 saturated carbocycles. The van der Waals surface area contributed by atoms with Gasteiger partial charge in [-0.25, -0.2) is 4.79 Å². The van der Waals surface area contributed by atoms with Gasteiger partial charge in [-0.3, -0.25) is 9.48 Å². The second-order valence-electron chi connectivity index (χ2n) is 2.58. The van der Waals surface area contributed by atoms with Crippen molar-refractivity contribution in [3.63, 3.8) is 0 Å². The van der Waals surface area contributed by atoms with Crippen molar-refractivity contribution in [3.8, 4) is 0 Å². The van der Waals surface area contributed by atoms with E-state index in [0.29, 0.717) is 18.5 Å². The molecule has 0 bridgehead atoms. The van der Waals surface area contributed by atoms with Gasteiger partial charge in [0.15, 0.2) is 6.29 Å². The zero-order valence-corrected chi connectivity index (χ0v) is 7.44. The topological polar surface area (TPSA) is 72.2 Å². The molecule has 0 aliphatic rings. The van der Waals surface area contributed by atoms with E-state index >= 15 is 0 Å². The number of rotatable bonds is 3. The zero-order valence-electron chi connectivity index (χ0n) is 7.44. The Hall–Kier alpha value is -1.65. The maximum absolute atomic E-state index is 10.7. The lowest BCUT2D eigenvalue weighted by molar-refractivity contribution is 0.0693. The predicted molar refractivity (Wildman–Crippen MR) is 45.0 cm³/mol. The van der Waals surface area contributed by atoms with Gasteiger partial charge in [-0.1, -0.05) is 0 Å². The quantitative estimate of drug-likeness (QED) is 0.699. The predicted octanol–water partition coefficient (Wildman–Crippen LogP) is 0.722. The molecule has 0 atom stereocenters. The molecule has 0 aliphatic carbocycles. The molecule has 0 fully saturated rings. The molecule has 0 amide bonds. The second kappa shape index (κ2) is 3.38. The van der Waals surface area contributed by atoms with Crippen LogP contribution in [0.15, 0.2) is 0 Å². The van der Waals surface area contributed by atoms with E-state index in [1.165, 1.54) is 4.68 Å². The summed E-state index contributed by atoms with van der Waals surface area (Å²) >= 11 is 0. The minimum atomic E-state index is -1.11. The fourth-order valence-electron chi connectivity index (χ4n) is 1.22. The molecule has 13 heavy (non-hydrogen) atoms. The van der Waals surface area contributed by atoms with Crippen molar-refractivity contribution < 1.29 is 14.7 Å². The number of hydrogen-bond acceptors (Lipinski definition) is 3. The number of aldehydes is 1. The smallest absolute Gasteiger partial charge is 0.339 e. The number of carbonyl (C=O) groups is 2. The lowest BCUT2D eigenvalue weighted by atomic mass is 10.2. The molecule has 5 nitrogen and oxygen atoms in total. The minimum absolute atomic E-state index is 0.00292. The van der Waals surface area contributed by atoms with Gasteiger partial charge in [-0.2, -0.15) is 5.10 Å². The fraction of sp³-hybridized carbons (Fsp3) is 0.375. The largest absolute Gasteiger partial charge is 0.478 e. The molecule has 70 valence electrons. The van der Waals surface area contributed by atoms with E-state index in [1.807, 2.05) is 0 Å². The van der Waals surface area contributed by atoms with Gasteiger partial charge in [-0.15, -0.1) is 0 Å². The first-order valence-electron chi connectivity index (χ1n) is 3.87. The van der Waals surface area contributed by atoms with E-state index < -0.39 is 5.97 Å². The molecule has 1 rings (SSSR count). The maximum Gasteiger partial charge on any atom is 0.339 e. The van der Waals surface area contributed by atoms with Gasteiger partial charge in [0.1, 0.15) is 11.3 Å². The number of aromatic nitrogens is 2. The molecule has 1 heterocycles. The molecule has 5 heteroatoms. The van der Waals surface area contributed by atoms with Gasteiger partial charge in [-0.05, 0) is 13.8 Å². The SMILES string of the molecule is CCn1nc(C)c(C(=O)O)c1C=O. The average molecular weight is 182 g/mol. The summed E-state index contributed by atoms with van der Waals surface area (Å²) in [7, 11) is 0. The Morgan fingerprint density at radius 3 is 2.69 bits per heavy atom. The Labute approximate surface area is 75.0 Å². The van der Waals surface area contributed by atoms with Crippen LogP contribution in [0, 0.1) is 6.92 Å². The molecule has 1 N–H and O–H groups in total. The first kappa shape index (κ1) is 9.44. The van der Waals surface area contributed by atoms with E-state index in [4.69, 9.17) is 5.11 Å². The molecular formula is C8H10N2O3. The summed E-state index contributed by atoms with van der Waals surface area (Å²) in [5.74, 6) is -1.11. The van der Waals surface area contributed by atoms with E-state index in [9.17, 15) is 9.59 Å². The van der Waals surface area contributed by atoms with E-state index in [-0.39, 0.29) is 11.3 Å². The Kier molecular flexibility index (Phi) is 2.46. The Bertz CT molecular complexity index is 355. The van der Waals surface area contributed by atoms with Crippen LogP contribution in [0.25, 0.3) is 0 Å². The van der Waals surface area contributed by atoms with Crippen molar-refractivity contribution in [2.45, 2.75) is 20.4 Å². The van der Waals surface area contributed by atoms with Gasteiger partial charge < -0.3 is 5.11 Å². The van der Waals surface area contributed by atoms with Crippen LogP contribution < -0.4 is 0 Å². The van der Waals surface area contributed by atoms with Crippen LogP contribution in [0.4, 0.5) is 0 Å². The Morgan fingerprint density at radius 2 is 2.31 bits per heavy atom. The van der Waals surface area contributed by atoms with Crippen LogP contribution in [0.1, 0.15) is 33.5 Å². The molecule has 0 saturated heterocycles. The average Bonchev–Trinajstić information content (AvgIpc) is 2.41. The summed E-state index contributed by atoms with van der Waals surface area (Å²) in [6, 6.07) is 0. The summed E-state index contributed by atoms with van der Waals surface area (Å²) in [6.45, 7) is 3.86. The van der Waals surface area contributed by atoms with Crippen molar-refractivity contribution in [2.75, 3.05) is 0 Å². The fourth-order valence-corrected chi connectivity index (χ4v) is 1.22. The van der Waals surface area contributed by atoms with Crippen LogP contribution in [0.3, 0.4) is 0 Å². The number of nitrogens with zero attached hydrogens (tertiary/aromatic N) is 2. The highest BCUT2D eigenvalue weighted by molar-refractivity contribution is 5.97. The summed E-state index contributed by atoms with van der Waals surface area (Å²) in [5, 5.41) is 12.7. The van der Waals surface area contributed by atoms with Gasteiger partial charge in [0.05, 0.1) is 5.69 Å². The lowest BCUT2D eigenvalue weighted by Crippen LogP contribution is -2.05. The van der Waals surface area contributed by atoms with Crippen LogP contribution in [-0.2, 0) is 6.54 Å². The first-order valence-corrected chi connectivity index (χ1v) is 3.87. The van der Waals surface area contributed by atoms with E-state index in [2.05, 4.69) is 5.10 Å². The van der Waals surface area contributed by atoms with Crippen LogP contribution >= 0.6 is 0 Å². The number of hydrogen-bond donors (Lipinski definition) is 1. The van der Waals surface area contributed by atoms with Gasteiger partial charge in [0.2, 0.25) is 0 Å². The van der Waals surface area contributed by atoms with E-state index in [1.54, 1.807) is 13.8 Å². The molecule has 0 aliphatic heterocycles. The Morgan fingerprint density at radius 1 is 1.69 bits per heavy atom. The number of carboxylic acids is 1. The number of aryl methyl sites for hydroxylation is 2. The van der Waals surface area contributed by atoms with Gasteiger partial charge in [0, 0.05) is 6.54 Å². The molecule has 0 spiro atoms. The second-order valence-corrected chi connectivity index (χ2v) is 2.58. The number of carboxylic acid groups (broad SMARTS) is 1. The molecular weight excluding hydrogens is 172 g/mol. The van der Waals surface area contributed by atoms with Crippen molar-refractivity contribution >= 4 is 12.3 Å². The number of aromatic carboxylic acids is 1. The molecule has 0 aromatic carbocycles. The molecule has 0 unspecified atom stereocenters. The molecule has 1 aromatic heterocycles.